The largest absolute Gasteiger partial charge is 0.477 e. The fourth-order valence-electron chi connectivity index (χ4n) is 4.66. The summed E-state index contributed by atoms with van der Waals surface area (Å²) in [4.78, 5) is 11.1. The number of nitrogens with zero attached hydrogens (tertiary/aromatic N) is 1. The topological polar surface area (TPSA) is 57.5 Å². The van der Waals surface area contributed by atoms with Crippen LogP contribution < -0.4 is 0 Å². The van der Waals surface area contributed by atoms with E-state index in [0.717, 1.165) is 32.1 Å². The minimum atomic E-state index is -0.797. The lowest BCUT2D eigenvalue weighted by molar-refractivity contribution is -0.889. The number of hydrogen-bond donors (Lipinski definition) is 2. The zero-order valence-corrected chi connectivity index (χ0v) is 20.9. The molecule has 180 valence electrons. The van der Waals surface area contributed by atoms with E-state index in [2.05, 4.69) is 13.8 Å². The first-order chi connectivity index (χ1) is 14.2. The Balaban J connectivity index is 3.87. The lowest BCUT2D eigenvalue weighted by Crippen LogP contribution is -2.53. The second kappa shape index (κ2) is 18.0. The molecule has 0 spiro atoms. The molecule has 0 fully saturated rings. The summed E-state index contributed by atoms with van der Waals surface area (Å²) in [6.07, 6.45) is 22.4. The molecule has 0 aromatic carbocycles. The lowest BCUT2D eigenvalue weighted by Gasteiger charge is -2.37. The van der Waals surface area contributed by atoms with Crippen molar-refractivity contribution in [3.8, 4) is 0 Å². The highest BCUT2D eigenvalue weighted by molar-refractivity contribution is 5.67. The summed E-state index contributed by atoms with van der Waals surface area (Å²) in [5.74, 6) is -0.797. The molecule has 4 heteroatoms. The van der Waals surface area contributed by atoms with Crippen LogP contribution in [-0.4, -0.2) is 53.5 Å². The van der Waals surface area contributed by atoms with Crippen molar-refractivity contribution in [1.29, 1.82) is 0 Å². The van der Waals surface area contributed by atoms with E-state index in [1.54, 1.807) is 0 Å². The molecule has 4 nitrogen and oxygen atoms in total. The number of aliphatic hydroxyl groups is 1. The molecule has 0 saturated heterocycles. The van der Waals surface area contributed by atoms with Crippen LogP contribution in [0.5, 0.6) is 0 Å². The number of rotatable bonds is 22. The van der Waals surface area contributed by atoms with E-state index in [0.29, 0.717) is 11.0 Å². The van der Waals surface area contributed by atoms with Crippen molar-refractivity contribution in [2.24, 2.45) is 0 Å². The van der Waals surface area contributed by atoms with Gasteiger partial charge in [0.05, 0.1) is 14.1 Å². The third-order valence-electron chi connectivity index (χ3n) is 6.28. The first-order valence-corrected chi connectivity index (χ1v) is 13.0. The summed E-state index contributed by atoms with van der Waals surface area (Å²) in [6.45, 7) is 5.00. The van der Waals surface area contributed by atoms with Crippen molar-refractivity contribution in [3.05, 3.63) is 0 Å². The molecule has 30 heavy (non-hydrogen) atoms. The van der Waals surface area contributed by atoms with Gasteiger partial charge in [0.25, 0.3) is 0 Å². The molecular formula is C26H54NO3+. The summed E-state index contributed by atoms with van der Waals surface area (Å²) in [6, 6.07) is 0. The van der Waals surface area contributed by atoms with E-state index in [-0.39, 0.29) is 6.54 Å². The van der Waals surface area contributed by atoms with E-state index in [9.17, 15) is 9.90 Å². The second-order valence-electron chi connectivity index (χ2n) is 10.3. The van der Waals surface area contributed by atoms with Crippen LogP contribution in [0.4, 0.5) is 0 Å². The second-order valence-corrected chi connectivity index (χ2v) is 10.3. The van der Waals surface area contributed by atoms with E-state index >= 15 is 0 Å². The van der Waals surface area contributed by atoms with Crippen molar-refractivity contribution in [2.45, 2.75) is 135 Å². The van der Waals surface area contributed by atoms with Crippen LogP contribution in [0.25, 0.3) is 0 Å². The predicted octanol–water partition coefficient (Wildman–Crippen LogP) is 6.94. The molecule has 1 unspecified atom stereocenters. The third kappa shape index (κ3) is 18.2. The Labute approximate surface area is 188 Å². The highest BCUT2D eigenvalue weighted by atomic mass is 16.4. The SMILES string of the molecule is CCCCCCCCCCCCCCCCC(O)(CCCC)C[N+](C)(C)CC(=O)O. The van der Waals surface area contributed by atoms with Gasteiger partial charge in [0.2, 0.25) is 0 Å². The Hall–Kier alpha value is -0.610. The minimum Gasteiger partial charge on any atom is -0.477 e. The molecule has 0 amide bonds. The molecule has 0 aliphatic rings. The maximum Gasteiger partial charge on any atom is 0.359 e. The van der Waals surface area contributed by atoms with Crippen molar-refractivity contribution in [1.82, 2.24) is 0 Å². The molecule has 0 aliphatic carbocycles. The molecule has 0 heterocycles. The summed E-state index contributed by atoms with van der Waals surface area (Å²) < 4.78 is 0.341. The van der Waals surface area contributed by atoms with Gasteiger partial charge in [0.15, 0.2) is 6.54 Å². The molecule has 0 rings (SSSR count). The lowest BCUT2D eigenvalue weighted by atomic mass is 9.89. The quantitative estimate of drug-likeness (QED) is 0.145. The van der Waals surface area contributed by atoms with Gasteiger partial charge in [-0.3, -0.25) is 0 Å². The standard InChI is InChI=1S/C26H53NO3/c1-5-7-9-10-11-12-13-14-15-16-17-18-19-20-22-26(30,21-8-6-2)24-27(3,4)23-25(28)29/h30H,5-24H2,1-4H3/p+1. The molecule has 0 saturated carbocycles. The van der Waals surface area contributed by atoms with Gasteiger partial charge >= 0.3 is 5.97 Å². The fraction of sp³-hybridized carbons (Fsp3) is 0.962. The van der Waals surface area contributed by atoms with Crippen LogP contribution in [0.15, 0.2) is 0 Å². The van der Waals surface area contributed by atoms with Crippen molar-refractivity contribution in [2.75, 3.05) is 27.2 Å². The molecule has 1 atom stereocenters. The molecule has 0 bridgehead atoms. The number of aliphatic carboxylic acids is 1. The number of unbranched alkanes of at least 4 members (excludes halogenated alkanes) is 14. The van der Waals surface area contributed by atoms with Crippen molar-refractivity contribution < 1.29 is 19.5 Å². The maximum atomic E-state index is 11.2. The Bertz CT molecular complexity index is 411. The van der Waals surface area contributed by atoms with Crippen LogP contribution in [0.2, 0.25) is 0 Å². The molecule has 2 N–H and O–H groups in total. The summed E-state index contributed by atoms with van der Waals surface area (Å²) in [7, 11) is 3.83. The van der Waals surface area contributed by atoms with Crippen LogP contribution in [0.1, 0.15) is 129 Å². The Kier molecular flexibility index (Phi) is 17.6. The number of likely N-dealkylation sites (N-methyl/N-ethyl adjacent to an activating group) is 1. The normalized spacial score (nSPS) is 14.0. The van der Waals surface area contributed by atoms with Crippen molar-refractivity contribution >= 4 is 5.97 Å². The Morgan fingerprint density at radius 3 is 1.43 bits per heavy atom. The molecular weight excluding hydrogens is 374 g/mol. The maximum absolute atomic E-state index is 11.2. The smallest absolute Gasteiger partial charge is 0.359 e. The zero-order chi connectivity index (χ0) is 22.7. The van der Waals surface area contributed by atoms with Gasteiger partial charge < -0.3 is 14.7 Å². The number of carbonyl (C=O) groups is 1. The zero-order valence-electron chi connectivity index (χ0n) is 20.9. The summed E-state index contributed by atoms with van der Waals surface area (Å²) in [5, 5.41) is 20.3. The van der Waals surface area contributed by atoms with Crippen LogP contribution in [-0.2, 0) is 4.79 Å². The minimum absolute atomic E-state index is 0.0627. The van der Waals surface area contributed by atoms with Gasteiger partial charge in [-0.2, -0.15) is 0 Å². The average Bonchev–Trinajstić information content (AvgIpc) is 2.65. The van der Waals surface area contributed by atoms with Gasteiger partial charge in [-0.1, -0.05) is 117 Å². The average molecular weight is 429 g/mol. The third-order valence-corrected chi connectivity index (χ3v) is 6.28. The van der Waals surface area contributed by atoms with Crippen LogP contribution >= 0.6 is 0 Å². The first kappa shape index (κ1) is 29.4. The monoisotopic (exact) mass is 428 g/mol. The van der Waals surface area contributed by atoms with E-state index in [4.69, 9.17) is 5.11 Å². The highest BCUT2D eigenvalue weighted by Gasteiger charge is 2.35. The van der Waals surface area contributed by atoms with Crippen LogP contribution in [0.3, 0.4) is 0 Å². The predicted molar refractivity (Wildman–Crippen MR) is 129 cm³/mol. The number of carboxylic acid groups (broad SMARTS) is 1. The Morgan fingerprint density at radius 2 is 1.03 bits per heavy atom. The fourth-order valence-corrected chi connectivity index (χ4v) is 4.66. The number of quaternary nitrogens is 1. The van der Waals surface area contributed by atoms with E-state index in [1.165, 1.54) is 83.5 Å². The van der Waals surface area contributed by atoms with Gasteiger partial charge in [-0.15, -0.1) is 0 Å². The highest BCUT2D eigenvalue weighted by Crippen LogP contribution is 2.25. The van der Waals surface area contributed by atoms with E-state index in [1.807, 2.05) is 14.1 Å². The van der Waals surface area contributed by atoms with Gasteiger partial charge in [0, 0.05) is 0 Å². The van der Waals surface area contributed by atoms with Crippen LogP contribution in [0, 0.1) is 0 Å². The number of hydrogen-bond acceptors (Lipinski definition) is 2. The van der Waals surface area contributed by atoms with Gasteiger partial charge in [0.1, 0.15) is 12.1 Å². The first-order valence-electron chi connectivity index (χ1n) is 13.0. The van der Waals surface area contributed by atoms with Gasteiger partial charge in [-0.25, -0.2) is 4.79 Å². The molecule has 0 aliphatic heterocycles. The molecule has 0 radical (unpaired) electrons. The van der Waals surface area contributed by atoms with E-state index < -0.39 is 11.6 Å². The van der Waals surface area contributed by atoms with Crippen molar-refractivity contribution in [3.63, 3.8) is 0 Å². The molecule has 0 aromatic rings. The summed E-state index contributed by atoms with van der Waals surface area (Å²) >= 11 is 0. The van der Waals surface area contributed by atoms with Gasteiger partial charge in [-0.05, 0) is 12.8 Å². The summed E-state index contributed by atoms with van der Waals surface area (Å²) in [5.41, 5.74) is -0.730. The number of carboxylic acids is 1. The Morgan fingerprint density at radius 1 is 0.667 bits per heavy atom. The molecule has 0 aromatic heterocycles.